The molecule has 3 aromatic carbocycles. The van der Waals surface area contributed by atoms with Crippen LogP contribution in [-0.2, 0) is 38.5 Å². The van der Waals surface area contributed by atoms with Gasteiger partial charge in [-0.1, -0.05) is 101 Å². The van der Waals surface area contributed by atoms with Crippen LogP contribution in [-0.4, -0.2) is 9.13 Å². The molecule has 0 aliphatic carbocycles. The minimum atomic E-state index is 0.914. The maximum Gasteiger partial charge on any atom is 0.0493 e. The van der Waals surface area contributed by atoms with E-state index in [0.717, 1.165) is 38.5 Å². The Bertz CT molecular complexity index is 1910. The molecule has 2 aromatic heterocycles. The van der Waals surface area contributed by atoms with Crippen molar-refractivity contribution in [3.05, 3.63) is 165 Å². The average Bonchev–Trinajstić information content (AvgIpc) is 3.60. The van der Waals surface area contributed by atoms with Gasteiger partial charge in [-0.05, 0) is 152 Å². The summed E-state index contributed by atoms with van der Waals surface area (Å²) in [6.07, 6.45) is 21.1. The van der Waals surface area contributed by atoms with Crippen molar-refractivity contribution < 1.29 is 0 Å². The van der Waals surface area contributed by atoms with Crippen molar-refractivity contribution in [1.82, 2.24) is 9.13 Å². The Morgan fingerprint density at radius 2 is 0.694 bits per heavy atom. The summed E-state index contributed by atoms with van der Waals surface area (Å²) in [5.74, 6) is 0. The number of hydrogen-bond acceptors (Lipinski definition) is 0. The van der Waals surface area contributed by atoms with Crippen LogP contribution in [0.25, 0.3) is 35.7 Å². The fourth-order valence-corrected chi connectivity index (χ4v) is 7.54. The summed E-state index contributed by atoms with van der Waals surface area (Å²) < 4.78 is 4.81. The van der Waals surface area contributed by atoms with Crippen LogP contribution in [0.5, 0.6) is 0 Å². The molecule has 0 saturated carbocycles. The van der Waals surface area contributed by atoms with Gasteiger partial charge < -0.3 is 9.13 Å². The largest absolute Gasteiger partial charge is 0.310 e. The molecule has 2 heteroatoms. The van der Waals surface area contributed by atoms with Crippen LogP contribution in [0.1, 0.15) is 116 Å². The molecule has 0 amide bonds. The summed E-state index contributed by atoms with van der Waals surface area (Å²) >= 11 is 0. The molecule has 2 nitrogen and oxygen atoms in total. The first-order chi connectivity index (χ1) is 24.0. The van der Waals surface area contributed by atoms with Crippen LogP contribution in [0.4, 0.5) is 0 Å². The average molecular weight is 647 g/mol. The Hall–Kier alpha value is -4.82. The van der Waals surface area contributed by atoms with E-state index in [1.807, 2.05) is 6.08 Å². The maximum atomic E-state index is 4.18. The lowest BCUT2D eigenvalue weighted by molar-refractivity contribution is 1.02. The van der Waals surface area contributed by atoms with E-state index in [2.05, 4.69) is 173 Å². The Morgan fingerprint density at radius 3 is 0.959 bits per heavy atom. The second-order valence-corrected chi connectivity index (χ2v) is 12.7. The van der Waals surface area contributed by atoms with E-state index in [1.165, 1.54) is 78.7 Å². The van der Waals surface area contributed by atoms with Crippen LogP contribution in [0, 0.1) is 0 Å². The van der Waals surface area contributed by atoms with E-state index in [0.29, 0.717) is 0 Å². The van der Waals surface area contributed by atoms with Gasteiger partial charge in [-0.2, -0.15) is 0 Å². The van der Waals surface area contributed by atoms with Gasteiger partial charge in [0.1, 0.15) is 0 Å². The third-order valence-electron chi connectivity index (χ3n) is 9.74. The molecule has 5 aromatic rings. The summed E-state index contributed by atoms with van der Waals surface area (Å²) in [6.45, 7) is 19.5. The monoisotopic (exact) mass is 646 g/mol. The van der Waals surface area contributed by atoms with Gasteiger partial charge in [-0.3, -0.25) is 0 Å². The van der Waals surface area contributed by atoms with Gasteiger partial charge >= 0.3 is 0 Å². The highest BCUT2D eigenvalue weighted by Crippen LogP contribution is 2.32. The quantitative estimate of drug-likeness (QED) is 0.114. The van der Waals surface area contributed by atoms with E-state index in [4.69, 9.17) is 0 Å². The number of nitrogens with zero attached hydrogens (tertiary/aromatic N) is 2. The van der Waals surface area contributed by atoms with Crippen molar-refractivity contribution in [2.75, 3.05) is 0 Å². The predicted octanol–water partition coefficient (Wildman–Crippen LogP) is 12.4. The Morgan fingerprint density at radius 1 is 0.429 bits per heavy atom. The minimum Gasteiger partial charge on any atom is -0.310 e. The SMILES string of the molecule is C=Cc1c(CC)c(CC)c(/C=C\C)n1-c1ccc(Cc2ccc(Cc3ccc(-n4c(/C=C\C)c(CC)c(CC)c4/C=C\C)cc3)cc2)cc1. The van der Waals surface area contributed by atoms with Crippen molar-refractivity contribution >= 4 is 24.3 Å². The second kappa shape index (κ2) is 16.5. The zero-order chi connectivity index (χ0) is 34.9. The lowest BCUT2D eigenvalue weighted by atomic mass is 10.00. The van der Waals surface area contributed by atoms with E-state index in [1.54, 1.807) is 0 Å². The molecule has 0 saturated heterocycles. The molecule has 2 heterocycles. The predicted molar refractivity (Wildman–Crippen MR) is 215 cm³/mol. The fourth-order valence-electron chi connectivity index (χ4n) is 7.54. The van der Waals surface area contributed by atoms with Crippen molar-refractivity contribution in [1.29, 1.82) is 0 Å². The molecular weight excluding hydrogens is 593 g/mol. The summed E-state index contributed by atoms with van der Waals surface area (Å²) in [7, 11) is 0. The van der Waals surface area contributed by atoms with Gasteiger partial charge in [-0.25, -0.2) is 0 Å². The molecular formula is C47H54N2. The summed E-state index contributed by atoms with van der Waals surface area (Å²) in [5, 5.41) is 0. The van der Waals surface area contributed by atoms with Crippen molar-refractivity contribution in [2.24, 2.45) is 0 Å². The van der Waals surface area contributed by atoms with Crippen molar-refractivity contribution in [3.8, 4) is 11.4 Å². The molecule has 0 fully saturated rings. The zero-order valence-electron chi connectivity index (χ0n) is 30.8. The van der Waals surface area contributed by atoms with Gasteiger partial charge in [0.05, 0.1) is 0 Å². The number of benzene rings is 3. The Balaban J connectivity index is 1.32. The van der Waals surface area contributed by atoms with Crippen molar-refractivity contribution in [2.45, 2.75) is 87.0 Å². The molecule has 0 radical (unpaired) electrons. The van der Waals surface area contributed by atoms with Gasteiger partial charge in [0, 0.05) is 34.2 Å². The Labute approximate surface area is 295 Å². The lowest BCUT2D eigenvalue weighted by Gasteiger charge is -2.13. The first-order valence-electron chi connectivity index (χ1n) is 18.3. The highest BCUT2D eigenvalue weighted by molar-refractivity contribution is 5.68. The van der Waals surface area contributed by atoms with Crippen LogP contribution >= 0.6 is 0 Å². The van der Waals surface area contributed by atoms with Crippen LogP contribution in [0.15, 0.2) is 97.6 Å². The number of allylic oxidation sites excluding steroid dienone is 3. The van der Waals surface area contributed by atoms with Crippen LogP contribution in [0.3, 0.4) is 0 Å². The van der Waals surface area contributed by atoms with E-state index < -0.39 is 0 Å². The van der Waals surface area contributed by atoms with Gasteiger partial charge in [0.25, 0.3) is 0 Å². The molecule has 0 bridgehead atoms. The summed E-state index contributed by atoms with van der Waals surface area (Å²) in [5.41, 5.74) is 18.5. The molecule has 5 rings (SSSR count). The highest BCUT2D eigenvalue weighted by atomic mass is 15.0. The molecule has 0 atom stereocenters. The number of hydrogen-bond donors (Lipinski definition) is 0. The molecule has 0 aliphatic heterocycles. The molecule has 252 valence electrons. The van der Waals surface area contributed by atoms with Crippen LogP contribution < -0.4 is 0 Å². The number of aromatic nitrogens is 2. The Kier molecular flexibility index (Phi) is 12.0. The number of rotatable bonds is 14. The van der Waals surface area contributed by atoms with Crippen LogP contribution in [0.2, 0.25) is 0 Å². The first-order valence-corrected chi connectivity index (χ1v) is 18.3. The van der Waals surface area contributed by atoms with E-state index in [9.17, 15) is 0 Å². The van der Waals surface area contributed by atoms with Gasteiger partial charge in [0.15, 0.2) is 0 Å². The third-order valence-corrected chi connectivity index (χ3v) is 9.74. The van der Waals surface area contributed by atoms with Crippen molar-refractivity contribution in [3.63, 3.8) is 0 Å². The fraction of sp³-hybridized carbons (Fsp3) is 0.277. The molecule has 0 unspecified atom stereocenters. The summed E-state index contributed by atoms with van der Waals surface area (Å²) in [4.78, 5) is 0. The third kappa shape index (κ3) is 7.30. The zero-order valence-corrected chi connectivity index (χ0v) is 30.8. The molecule has 0 aliphatic rings. The smallest absolute Gasteiger partial charge is 0.0493 e. The summed E-state index contributed by atoms with van der Waals surface area (Å²) in [6, 6.07) is 27.4. The normalized spacial score (nSPS) is 11.9. The minimum absolute atomic E-state index is 0.914. The van der Waals surface area contributed by atoms with E-state index >= 15 is 0 Å². The second-order valence-electron chi connectivity index (χ2n) is 12.7. The molecule has 0 spiro atoms. The molecule has 49 heavy (non-hydrogen) atoms. The standard InChI is InChI=1S/C47H54N2/c1-9-17-45-41(13-5)40(12-4)44(16-8)48(45)38-28-24-36(25-29-38)32-34-20-22-35(23-21-34)33-37-26-30-39(31-27-37)49-46(18-10-2)42(14-6)43(15-7)47(49)19-11-3/h9-11,16-31H,8,12-15,32-33H2,1-7H3/b17-9-,18-10-,19-11-. The van der Waals surface area contributed by atoms with E-state index in [-0.39, 0.29) is 0 Å². The van der Waals surface area contributed by atoms with Gasteiger partial charge in [0.2, 0.25) is 0 Å². The molecule has 0 N–H and O–H groups in total. The maximum absolute atomic E-state index is 4.18. The topological polar surface area (TPSA) is 9.86 Å². The first kappa shape index (κ1) is 35.5. The van der Waals surface area contributed by atoms with Gasteiger partial charge in [-0.15, -0.1) is 0 Å². The highest BCUT2D eigenvalue weighted by Gasteiger charge is 2.20. The lowest BCUT2D eigenvalue weighted by Crippen LogP contribution is -2.01.